The van der Waals surface area contributed by atoms with Gasteiger partial charge in [-0.2, -0.15) is 0 Å². The molecule has 0 amide bonds. The number of benzene rings is 4. The summed E-state index contributed by atoms with van der Waals surface area (Å²) in [4.78, 5) is 18.6. The lowest BCUT2D eigenvalue weighted by Gasteiger charge is -2.10. The fraction of sp³-hybridized carbons (Fsp3) is 0.0769. The van der Waals surface area contributed by atoms with Crippen LogP contribution in [-0.2, 0) is 4.57 Å². The van der Waals surface area contributed by atoms with Crippen molar-refractivity contribution in [2.45, 2.75) is 13.8 Å². The van der Waals surface area contributed by atoms with Gasteiger partial charge in [0.2, 0.25) is 0 Å². The van der Waals surface area contributed by atoms with Gasteiger partial charge < -0.3 is 14.4 Å². The molecule has 5 aromatic rings. The fourth-order valence-electron chi connectivity index (χ4n) is 4.17. The lowest BCUT2D eigenvalue weighted by Crippen LogP contribution is -2.02. The first kappa shape index (κ1) is 19.8. The van der Waals surface area contributed by atoms with E-state index in [4.69, 9.17) is 0 Å². The van der Waals surface area contributed by atoms with Crippen LogP contribution < -0.4 is 5.30 Å². The molecular formula is C26H22NO3P. The molecule has 0 saturated heterocycles. The summed E-state index contributed by atoms with van der Waals surface area (Å²) in [7, 11) is -4.23. The third kappa shape index (κ3) is 3.49. The van der Waals surface area contributed by atoms with Crippen LogP contribution >= 0.6 is 7.60 Å². The molecule has 154 valence electrons. The Hall–Kier alpha value is -3.17. The minimum Gasteiger partial charge on any atom is -0.321 e. The van der Waals surface area contributed by atoms with E-state index in [0.717, 1.165) is 16.8 Å². The highest BCUT2D eigenvalue weighted by Gasteiger charge is 2.16. The highest BCUT2D eigenvalue weighted by atomic mass is 31.2. The van der Waals surface area contributed by atoms with Crippen LogP contribution in [0.3, 0.4) is 0 Å². The molecule has 0 saturated carbocycles. The summed E-state index contributed by atoms with van der Waals surface area (Å²) < 4.78 is 13.7. The molecule has 4 aromatic carbocycles. The van der Waals surface area contributed by atoms with E-state index in [-0.39, 0.29) is 5.30 Å². The van der Waals surface area contributed by atoms with Gasteiger partial charge in [-0.25, -0.2) is 0 Å². The minimum atomic E-state index is -4.23. The second-order valence-electron chi connectivity index (χ2n) is 8.01. The van der Waals surface area contributed by atoms with Gasteiger partial charge in [-0.05, 0) is 72.5 Å². The molecule has 0 fully saturated rings. The Balaban J connectivity index is 1.63. The Morgan fingerprint density at radius 2 is 1.10 bits per heavy atom. The first-order chi connectivity index (χ1) is 14.8. The summed E-state index contributed by atoms with van der Waals surface area (Å²) in [5.74, 6) is 0. The van der Waals surface area contributed by atoms with Crippen LogP contribution in [0.5, 0.6) is 0 Å². The Morgan fingerprint density at radius 1 is 0.645 bits per heavy atom. The summed E-state index contributed by atoms with van der Waals surface area (Å²) >= 11 is 0. The summed E-state index contributed by atoms with van der Waals surface area (Å²) in [5.41, 5.74) is 7.78. The molecule has 5 rings (SSSR count). The van der Waals surface area contributed by atoms with Crippen LogP contribution in [0.4, 0.5) is 0 Å². The summed E-state index contributed by atoms with van der Waals surface area (Å²) in [6.45, 7) is 4.22. The zero-order valence-electron chi connectivity index (χ0n) is 17.3. The summed E-state index contributed by atoms with van der Waals surface area (Å²) in [6.07, 6.45) is 0. The van der Waals surface area contributed by atoms with Crippen molar-refractivity contribution in [2.75, 3.05) is 0 Å². The monoisotopic (exact) mass is 427 g/mol. The Bertz CT molecular complexity index is 1420. The number of hydrogen-bond donors (Lipinski definition) is 2. The maximum atomic E-state index is 11.4. The van der Waals surface area contributed by atoms with E-state index in [0.29, 0.717) is 0 Å². The van der Waals surface area contributed by atoms with Gasteiger partial charge in [0.1, 0.15) is 0 Å². The number of aromatic nitrogens is 1. The normalized spacial score (nSPS) is 12.0. The molecule has 1 heterocycles. The largest absolute Gasteiger partial charge is 0.356 e. The van der Waals surface area contributed by atoms with Gasteiger partial charge in [0.15, 0.2) is 0 Å². The molecule has 0 aliphatic rings. The van der Waals surface area contributed by atoms with E-state index < -0.39 is 7.60 Å². The van der Waals surface area contributed by atoms with E-state index in [9.17, 15) is 14.4 Å². The number of aryl methyl sites for hydroxylation is 2. The third-order valence-corrected chi connectivity index (χ3v) is 6.71. The molecule has 5 heteroatoms. The highest BCUT2D eigenvalue weighted by molar-refractivity contribution is 7.60. The van der Waals surface area contributed by atoms with E-state index in [1.54, 1.807) is 12.1 Å². The lowest BCUT2D eigenvalue weighted by molar-refractivity contribution is 0.387. The second-order valence-corrected chi connectivity index (χ2v) is 9.62. The quantitative estimate of drug-likeness (QED) is 0.354. The molecule has 0 aliphatic carbocycles. The van der Waals surface area contributed by atoms with Crippen molar-refractivity contribution in [2.24, 2.45) is 0 Å². The van der Waals surface area contributed by atoms with Crippen molar-refractivity contribution in [3.05, 3.63) is 96.1 Å². The molecule has 0 spiro atoms. The molecule has 31 heavy (non-hydrogen) atoms. The average molecular weight is 427 g/mol. The van der Waals surface area contributed by atoms with E-state index in [1.807, 2.05) is 12.1 Å². The Labute approximate surface area is 180 Å². The summed E-state index contributed by atoms with van der Waals surface area (Å²) in [5, 5.41) is 2.50. The smallest absolute Gasteiger partial charge is 0.321 e. The topological polar surface area (TPSA) is 62.5 Å². The SMILES string of the molecule is Cc1ccc2c3ccc(C)cc3n(-c3ccc(-c4ccc(P(=O)(O)O)cc4)cc3)c2c1. The fourth-order valence-corrected chi connectivity index (χ4v) is 4.71. The molecule has 4 nitrogen and oxygen atoms in total. The maximum absolute atomic E-state index is 11.4. The van der Waals surface area contributed by atoms with Crippen molar-refractivity contribution in [3.8, 4) is 16.8 Å². The highest BCUT2D eigenvalue weighted by Crippen LogP contribution is 2.35. The van der Waals surface area contributed by atoms with Crippen molar-refractivity contribution < 1.29 is 14.4 Å². The number of hydrogen-bond acceptors (Lipinski definition) is 1. The van der Waals surface area contributed by atoms with Crippen LogP contribution in [0.2, 0.25) is 0 Å². The van der Waals surface area contributed by atoms with E-state index in [1.165, 1.54) is 45.1 Å². The lowest BCUT2D eigenvalue weighted by atomic mass is 10.1. The molecule has 0 bridgehead atoms. The average Bonchev–Trinajstić information content (AvgIpc) is 3.05. The molecule has 0 radical (unpaired) electrons. The van der Waals surface area contributed by atoms with Crippen LogP contribution in [0.25, 0.3) is 38.6 Å². The van der Waals surface area contributed by atoms with Crippen molar-refractivity contribution >= 4 is 34.7 Å². The first-order valence-electron chi connectivity index (χ1n) is 10.1. The zero-order chi connectivity index (χ0) is 21.8. The van der Waals surface area contributed by atoms with Crippen molar-refractivity contribution in [1.29, 1.82) is 0 Å². The van der Waals surface area contributed by atoms with Gasteiger partial charge >= 0.3 is 7.60 Å². The molecule has 0 aliphatic heterocycles. The van der Waals surface area contributed by atoms with Gasteiger partial charge in [0, 0.05) is 16.5 Å². The predicted octanol–water partition coefficient (Wildman–Crippen LogP) is 5.87. The van der Waals surface area contributed by atoms with Gasteiger partial charge in [0.05, 0.1) is 16.3 Å². The van der Waals surface area contributed by atoms with Crippen LogP contribution in [0.1, 0.15) is 11.1 Å². The number of nitrogens with zero attached hydrogens (tertiary/aromatic N) is 1. The molecule has 1 aromatic heterocycles. The first-order valence-corrected chi connectivity index (χ1v) is 11.7. The zero-order valence-corrected chi connectivity index (χ0v) is 18.2. The molecule has 2 N–H and O–H groups in total. The predicted molar refractivity (Wildman–Crippen MR) is 127 cm³/mol. The number of fused-ring (bicyclic) bond motifs is 3. The number of rotatable bonds is 3. The molecule has 0 atom stereocenters. The van der Waals surface area contributed by atoms with Crippen molar-refractivity contribution in [3.63, 3.8) is 0 Å². The Morgan fingerprint density at radius 3 is 1.55 bits per heavy atom. The standard InChI is InChI=1S/C26H22NO3P/c1-17-3-13-23-24-14-4-18(2)16-26(24)27(25(23)15-17)21-9-5-19(6-10-21)20-7-11-22(12-8-20)31(28,29)30/h3-16H,1-2H3,(H2,28,29,30). The van der Waals surface area contributed by atoms with E-state index >= 15 is 0 Å². The van der Waals surface area contributed by atoms with Gasteiger partial charge in [0.25, 0.3) is 0 Å². The maximum Gasteiger partial charge on any atom is 0.356 e. The van der Waals surface area contributed by atoms with Gasteiger partial charge in [-0.15, -0.1) is 0 Å². The minimum absolute atomic E-state index is 0.0314. The second kappa shape index (κ2) is 7.21. The Kier molecular flexibility index (Phi) is 4.60. The van der Waals surface area contributed by atoms with Gasteiger partial charge in [-0.3, -0.25) is 4.57 Å². The molecule has 0 unspecified atom stereocenters. The molecular weight excluding hydrogens is 405 g/mol. The van der Waals surface area contributed by atoms with Crippen LogP contribution in [0, 0.1) is 13.8 Å². The van der Waals surface area contributed by atoms with Crippen LogP contribution in [-0.4, -0.2) is 14.4 Å². The van der Waals surface area contributed by atoms with Crippen LogP contribution in [0.15, 0.2) is 84.9 Å². The van der Waals surface area contributed by atoms with Crippen molar-refractivity contribution in [1.82, 2.24) is 4.57 Å². The summed E-state index contributed by atoms with van der Waals surface area (Å²) in [6, 6.07) is 27.9. The van der Waals surface area contributed by atoms with Gasteiger partial charge in [-0.1, -0.05) is 48.5 Å². The van der Waals surface area contributed by atoms with E-state index in [2.05, 4.69) is 66.9 Å². The third-order valence-electron chi connectivity index (χ3n) is 5.74.